The minimum atomic E-state index is -0.573. The van der Waals surface area contributed by atoms with Crippen LogP contribution in [0.3, 0.4) is 0 Å². The van der Waals surface area contributed by atoms with Gasteiger partial charge in [-0.3, -0.25) is 0 Å². The average Bonchev–Trinajstić information content (AvgIpc) is 3.15. The third-order valence-electron chi connectivity index (χ3n) is 5.00. The SMILES string of the molecule is O=C(NC1CCc2cc(Cl)ccc21)N1CCCC2(C1)OCCO2. The number of aryl methyl sites for hydroxylation is 1. The van der Waals surface area contributed by atoms with E-state index in [4.69, 9.17) is 21.1 Å². The molecular weight excluding hydrogens is 316 g/mol. The highest BCUT2D eigenvalue weighted by molar-refractivity contribution is 6.30. The second-order valence-corrected chi connectivity index (χ2v) is 6.95. The van der Waals surface area contributed by atoms with Gasteiger partial charge in [-0.15, -0.1) is 0 Å². The molecule has 2 saturated heterocycles. The first-order chi connectivity index (χ1) is 11.2. The number of carbonyl (C=O) groups excluding carboxylic acids is 1. The van der Waals surface area contributed by atoms with E-state index in [1.165, 1.54) is 11.1 Å². The van der Waals surface area contributed by atoms with E-state index in [-0.39, 0.29) is 12.1 Å². The summed E-state index contributed by atoms with van der Waals surface area (Å²) in [5.74, 6) is -0.573. The van der Waals surface area contributed by atoms with Gasteiger partial charge < -0.3 is 19.7 Å². The molecule has 23 heavy (non-hydrogen) atoms. The summed E-state index contributed by atoms with van der Waals surface area (Å²) in [7, 11) is 0. The van der Waals surface area contributed by atoms with Gasteiger partial charge in [0.2, 0.25) is 0 Å². The Kier molecular flexibility index (Phi) is 3.95. The summed E-state index contributed by atoms with van der Waals surface area (Å²) in [6, 6.07) is 5.95. The molecule has 2 heterocycles. The normalized spacial score (nSPS) is 25.6. The van der Waals surface area contributed by atoms with Crippen LogP contribution < -0.4 is 5.32 Å². The fourth-order valence-electron chi connectivity index (χ4n) is 3.87. The standard InChI is InChI=1S/C17H21ClN2O3/c18-13-3-4-14-12(10-13)2-5-15(14)19-16(21)20-7-1-6-17(11-20)22-8-9-23-17/h3-4,10,15H,1-2,5-9,11H2,(H,19,21). The predicted molar refractivity (Wildman–Crippen MR) is 86.5 cm³/mol. The molecule has 1 aromatic carbocycles. The van der Waals surface area contributed by atoms with Gasteiger partial charge in [0.1, 0.15) is 0 Å². The molecule has 124 valence electrons. The molecule has 5 nitrogen and oxygen atoms in total. The van der Waals surface area contributed by atoms with E-state index in [1.807, 2.05) is 23.1 Å². The fraction of sp³-hybridized carbons (Fsp3) is 0.588. The summed E-state index contributed by atoms with van der Waals surface area (Å²) in [4.78, 5) is 14.5. The van der Waals surface area contributed by atoms with E-state index < -0.39 is 5.79 Å². The minimum Gasteiger partial charge on any atom is -0.346 e. The van der Waals surface area contributed by atoms with Gasteiger partial charge in [-0.1, -0.05) is 17.7 Å². The van der Waals surface area contributed by atoms with Gasteiger partial charge in [-0.2, -0.15) is 0 Å². The maximum absolute atomic E-state index is 12.6. The number of nitrogens with zero attached hydrogens (tertiary/aromatic N) is 1. The lowest BCUT2D eigenvalue weighted by atomic mass is 10.0. The molecule has 0 aromatic heterocycles. The largest absolute Gasteiger partial charge is 0.346 e. The number of nitrogens with one attached hydrogen (secondary N) is 1. The van der Waals surface area contributed by atoms with Crippen LogP contribution in [0.25, 0.3) is 0 Å². The lowest BCUT2D eigenvalue weighted by molar-refractivity contribution is -0.182. The highest BCUT2D eigenvalue weighted by atomic mass is 35.5. The Labute approximate surface area is 140 Å². The van der Waals surface area contributed by atoms with Crippen molar-refractivity contribution in [1.29, 1.82) is 0 Å². The van der Waals surface area contributed by atoms with Crippen LogP contribution in [0.1, 0.15) is 36.4 Å². The van der Waals surface area contributed by atoms with Gasteiger partial charge in [0.25, 0.3) is 0 Å². The predicted octanol–water partition coefficient (Wildman–Crippen LogP) is 2.88. The average molecular weight is 337 g/mol. The molecule has 0 radical (unpaired) electrons. The van der Waals surface area contributed by atoms with Gasteiger partial charge >= 0.3 is 6.03 Å². The molecule has 0 bridgehead atoms. The van der Waals surface area contributed by atoms with Crippen molar-refractivity contribution in [3.05, 3.63) is 34.3 Å². The molecule has 4 rings (SSSR count). The van der Waals surface area contributed by atoms with Crippen LogP contribution in [0.4, 0.5) is 4.79 Å². The Morgan fingerprint density at radius 3 is 3.00 bits per heavy atom. The summed E-state index contributed by atoms with van der Waals surface area (Å²) in [6.45, 7) is 2.50. The van der Waals surface area contributed by atoms with Crippen LogP contribution >= 0.6 is 11.6 Å². The van der Waals surface area contributed by atoms with Crippen molar-refractivity contribution in [3.63, 3.8) is 0 Å². The van der Waals surface area contributed by atoms with Crippen molar-refractivity contribution in [1.82, 2.24) is 10.2 Å². The van der Waals surface area contributed by atoms with E-state index >= 15 is 0 Å². The topological polar surface area (TPSA) is 50.8 Å². The van der Waals surface area contributed by atoms with Crippen molar-refractivity contribution in [2.75, 3.05) is 26.3 Å². The van der Waals surface area contributed by atoms with Crippen molar-refractivity contribution in [2.45, 2.75) is 37.5 Å². The molecule has 0 saturated carbocycles. The van der Waals surface area contributed by atoms with Crippen LogP contribution in [0, 0.1) is 0 Å². The van der Waals surface area contributed by atoms with Gasteiger partial charge in [0.05, 0.1) is 25.8 Å². The zero-order chi connectivity index (χ0) is 15.9. The van der Waals surface area contributed by atoms with Gasteiger partial charge in [-0.05, 0) is 42.5 Å². The highest BCUT2D eigenvalue weighted by Gasteiger charge is 2.42. The number of piperidine rings is 1. The number of carbonyl (C=O) groups is 1. The number of benzene rings is 1. The molecule has 1 unspecified atom stereocenters. The summed E-state index contributed by atoms with van der Waals surface area (Å²) >= 11 is 6.04. The monoisotopic (exact) mass is 336 g/mol. The van der Waals surface area contributed by atoms with E-state index in [9.17, 15) is 4.79 Å². The van der Waals surface area contributed by atoms with E-state index in [0.717, 1.165) is 37.3 Å². The van der Waals surface area contributed by atoms with Crippen LogP contribution in [0.15, 0.2) is 18.2 Å². The van der Waals surface area contributed by atoms with Crippen molar-refractivity contribution < 1.29 is 14.3 Å². The number of amides is 2. The molecule has 1 spiro atoms. The first kappa shape index (κ1) is 15.2. The van der Waals surface area contributed by atoms with Crippen LogP contribution in [-0.4, -0.2) is 43.0 Å². The molecule has 1 N–H and O–H groups in total. The molecule has 2 amide bonds. The number of ether oxygens (including phenoxy) is 2. The minimum absolute atomic E-state index is 0.0315. The summed E-state index contributed by atoms with van der Waals surface area (Å²) in [5.41, 5.74) is 2.42. The van der Waals surface area contributed by atoms with Gasteiger partial charge in [-0.25, -0.2) is 4.79 Å². The summed E-state index contributed by atoms with van der Waals surface area (Å²) in [6.07, 6.45) is 3.65. The second-order valence-electron chi connectivity index (χ2n) is 6.52. The number of rotatable bonds is 1. The van der Waals surface area contributed by atoms with Crippen molar-refractivity contribution in [2.24, 2.45) is 0 Å². The lowest BCUT2D eigenvalue weighted by Crippen LogP contribution is -2.54. The van der Waals surface area contributed by atoms with Crippen LogP contribution in [0.5, 0.6) is 0 Å². The Morgan fingerprint density at radius 1 is 1.35 bits per heavy atom. The lowest BCUT2D eigenvalue weighted by Gasteiger charge is -2.38. The summed E-state index contributed by atoms with van der Waals surface area (Å²) in [5, 5.41) is 3.92. The first-order valence-electron chi connectivity index (χ1n) is 8.27. The maximum atomic E-state index is 12.6. The second kappa shape index (κ2) is 5.96. The smallest absolute Gasteiger partial charge is 0.318 e. The zero-order valence-electron chi connectivity index (χ0n) is 13.0. The molecule has 1 atom stereocenters. The molecule has 1 aromatic rings. The van der Waals surface area contributed by atoms with Crippen LogP contribution in [0.2, 0.25) is 5.02 Å². The number of hydrogen-bond acceptors (Lipinski definition) is 3. The van der Waals surface area contributed by atoms with Gasteiger partial charge in [0.15, 0.2) is 5.79 Å². The molecule has 2 fully saturated rings. The molecule has 2 aliphatic heterocycles. The first-order valence-corrected chi connectivity index (χ1v) is 8.65. The number of urea groups is 1. The Bertz CT molecular complexity index is 616. The zero-order valence-corrected chi connectivity index (χ0v) is 13.8. The van der Waals surface area contributed by atoms with E-state index in [1.54, 1.807) is 0 Å². The fourth-order valence-corrected chi connectivity index (χ4v) is 4.07. The Morgan fingerprint density at radius 2 is 2.17 bits per heavy atom. The molecular formula is C17H21ClN2O3. The van der Waals surface area contributed by atoms with E-state index in [2.05, 4.69) is 5.32 Å². The molecule has 1 aliphatic carbocycles. The van der Waals surface area contributed by atoms with Gasteiger partial charge in [0, 0.05) is 18.0 Å². The summed E-state index contributed by atoms with van der Waals surface area (Å²) < 4.78 is 11.5. The number of fused-ring (bicyclic) bond motifs is 1. The highest BCUT2D eigenvalue weighted by Crippen LogP contribution is 2.34. The van der Waals surface area contributed by atoms with Crippen LogP contribution in [-0.2, 0) is 15.9 Å². The molecule has 6 heteroatoms. The number of halogens is 1. The maximum Gasteiger partial charge on any atom is 0.318 e. The Balaban J connectivity index is 1.43. The quantitative estimate of drug-likeness (QED) is 0.858. The third kappa shape index (κ3) is 2.93. The third-order valence-corrected chi connectivity index (χ3v) is 5.23. The van der Waals surface area contributed by atoms with Crippen molar-refractivity contribution in [3.8, 4) is 0 Å². The number of likely N-dealkylation sites (tertiary alicyclic amines) is 1. The Hall–Kier alpha value is -1.30. The molecule has 3 aliphatic rings. The van der Waals surface area contributed by atoms with E-state index in [0.29, 0.717) is 19.8 Å². The number of hydrogen-bond donors (Lipinski definition) is 1. The van der Waals surface area contributed by atoms with Crippen molar-refractivity contribution >= 4 is 17.6 Å².